The maximum Gasteiger partial charge on any atom is 0.338 e. The number of hydrogen-bond donors (Lipinski definition) is 0. The quantitative estimate of drug-likeness (QED) is 0.434. The fourth-order valence-electron chi connectivity index (χ4n) is 3.89. The zero-order chi connectivity index (χ0) is 20.1. The molecule has 0 saturated carbocycles. The van der Waals surface area contributed by atoms with Crippen molar-refractivity contribution in [2.45, 2.75) is 32.1 Å². The summed E-state index contributed by atoms with van der Waals surface area (Å²) in [6.45, 7) is -0.239. The van der Waals surface area contributed by atoms with Gasteiger partial charge in [0.2, 0.25) is 0 Å². The SMILES string of the molecule is O=C(COC(=O)c1ccccc1Cc1ccccc1)c1ccc2c(c1)CCCC2. The van der Waals surface area contributed by atoms with Crippen molar-refractivity contribution in [3.63, 3.8) is 0 Å². The van der Waals surface area contributed by atoms with Gasteiger partial charge in [0.1, 0.15) is 0 Å². The van der Waals surface area contributed by atoms with Crippen LogP contribution >= 0.6 is 0 Å². The van der Waals surface area contributed by atoms with E-state index in [4.69, 9.17) is 4.74 Å². The van der Waals surface area contributed by atoms with Gasteiger partial charge < -0.3 is 4.74 Å². The van der Waals surface area contributed by atoms with Crippen LogP contribution in [0.15, 0.2) is 72.8 Å². The highest BCUT2D eigenvalue weighted by atomic mass is 16.5. The van der Waals surface area contributed by atoms with Gasteiger partial charge in [0, 0.05) is 5.56 Å². The number of aryl methyl sites for hydroxylation is 2. The fourth-order valence-corrected chi connectivity index (χ4v) is 3.89. The third kappa shape index (κ3) is 4.62. The number of ketones is 1. The van der Waals surface area contributed by atoms with Gasteiger partial charge in [-0.3, -0.25) is 4.79 Å². The molecule has 3 aromatic carbocycles. The third-order valence-corrected chi connectivity index (χ3v) is 5.48. The third-order valence-electron chi connectivity index (χ3n) is 5.48. The zero-order valence-corrected chi connectivity index (χ0v) is 16.4. The molecular weight excluding hydrogens is 360 g/mol. The van der Waals surface area contributed by atoms with E-state index in [0.717, 1.165) is 30.4 Å². The van der Waals surface area contributed by atoms with Crippen molar-refractivity contribution in [1.82, 2.24) is 0 Å². The molecule has 146 valence electrons. The highest BCUT2D eigenvalue weighted by molar-refractivity contribution is 5.99. The van der Waals surface area contributed by atoms with Crippen LogP contribution in [0.25, 0.3) is 0 Å². The number of carbonyl (C=O) groups excluding carboxylic acids is 2. The van der Waals surface area contributed by atoms with Gasteiger partial charge in [-0.05, 0) is 66.5 Å². The number of Topliss-reactive ketones (excluding diaryl/α,β-unsaturated/α-hetero) is 1. The van der Waals surface area contributed by atoms with Gasteiger partial charge in [0.15, 0.2) is 12.4 Å². The average molecular weight is 384 g/mol. The lowest BCUT2D eigenvalue weighted by Crippen LogP contribution is -2.16. The molecule has 3 nitrogen and oxygen atoms in total. The standard InChI is InChI=1S/C26H24O3/c27-25(23-15-14-20-10-4-5-11-21(20)17-23)18-29-26(28)24-13-7-6-12-22(24)16-19-8-2-1-3-9-19/h1-3,6-9,12-15,17H,4-5,10-11,16,18H2. The molecule has 3 heteroatoms. The molecule has 0 radical (unpaired) electrons. The Morgan fingerprint density at radius 3 is 2.34 bits per heavy atom. The highest BCUT2D eigenvalue weighted by Gasteiger charge is 2.17. The number of esters is 1. The van der Waals surface area contributed by atoms with Gasteiger partial charge in [-0.15, -0.1) is 0 Å². The lowest BCUT2D eigenvalue weighted by molar-refractivity contribution is 0.0473. The van der Waals surface area contributed by atoms with Gasteiger partial charge in [0.05, 0.1) is 5.56 Å². The van der Waals surface area contributed by atoms with E-state index in [1.807, 2.05) is 66.7 Å². The molecular formula is C26H24O3. The van der Waals surface area contributed by atoms with Crippen molar-refractivity contribution in [2.75, 3.05) is 6.61 Å². The number of benzene rings is 3. The van der Waals surface area contributed by atoms with E-state index < -0.39 is 5.97 Å². The van der Waals surface area contributed by atoms with Crippen LogP contribution in [0.4, 0.5) is 0 Å². The number of fused-ring (bicyclic) bond motifs is 1. The van der Waals surface area contributed by atoms with Gasteiger partial charge in [0.25, 0.3) is 0 Å². The monoisotopic (exact) mass is 384 g/mol. The smallest absolute Gasteiger partial charge is 0.338 e. The molecule has 0 N–H and O–H groups in total. The summed E-state index contributed by atoms with van der Waals surface area (Å²) in [7, 11) is 0. The van der Waals surface area contributed by atoms with E-state index in [-0.39, 0.29) is 12.4 Å². The first kappa shape index (κ1) is 19.1. The molecule has 0 unspecified atom stereocenters. The van der Waals surface area contributed by atoms with Crippen molar-refractivity contribution < 1.29 is 14.3 Å². The Kier molecular flexibility index (Phi) is 5.85. The van der Waals surface area contributed by atoms with Crippen LogP contribution in [0.2, 0.25) is 0 Å². The van der Waals surface area contributed by atoms with Crippen LogP contribution in [-0.4, -0.2) is 18.4 Å². The predicted octanol–water partition coefficient (Wildman–Crippen LogP) is 5.20. The average Bonchev–Trinajstić information content (AvgIpc) is 2.78. The summed E-state index contributed by atoms with van der Waals surface area (Å²) in [5.41, 5.74) is 5.73. The molecule has 0 atom stereocenters. The molecule has 29 heavy (non-hydrogen) atoms. The van der Waals surface area contributed by atoms with Gasteiger partial charge in [-0.2, -0.15) is 0 Å². The van der Waals surface area contributed by atoms with E-state index in [0.29, 0.717) is 17.5 Å². The van der Waals surface area contributed by atoms with Crippen LogP contribution in [0.3, 0.4) is 0 Å². The van der Waals surface area contributed by atoms with Crippen LogP contribution in [0.5, 0.6) is 0 Å². The minimum atomic E-state index is -0.456. The zero-order valence-electron chi connectivity index (χ0n) is 16.4. The van der Waals surface area contributed by atoms with Gasteiger partial charge in [-0.1, -0.05) is 60.7 Å². The Morgan fingerprint density at radius 1 is 0.793 bits per heavy atom. The predicted molar refractivity (Wildman–Crippen MR) is 113 cm³/mol. The second kappa shape index (κ2) is 8.87. The first-order chi connectivity index (χ1) is 14.2. The van der Waals surface area contributed by atoms with Crippen LogP contribution in [-0.2, 0) is 24.0 Å². The molecule has 4 rings (SSSR count). The Morgan fingerprint density at radius 2 is 1.52 bits per heavy atom. The summed E-state index contributed by atoms with van der Waals surface area (Å²) >= 11 is 0. The molecule has 0 bridgehead atoms. The maximum atomic E-state index is 12.6. The lowest BCUT2D eigenvalue weighted by atomic mass is 9.90. The molecule has 0 fully saturated rings. The lowest BCUT2D eigenvalue weighted by Gasteiger charge is -2.16. The molecule has 0 saturated heterocycles. The molecule has 0 heterocycles. The van der Waals surface area contributed by atoms with Crippen molar-refractivity contribution in [1.29, 1.82) is 0 Å². The first-order valence-electron chi connectivity index (χ1n) is 10.1. The Bertz CT molecular complexity index is 1020. The number of hydrogen-bond acceptors (Lipinski definition) is 3. The Labute approximate surface area is 171 Å². The number of ether oxygens (including phenoxy) is 1. The summed E-state index contributed by atoms with van der Waals surface area (Å²) in [5, 5.41) is 0. The molecule has 1 aliphatic carbocycles. The second-order valence-corrected chi connectivity index (χ2v) is 7.51. The Balaban J connectivity index is 1.43. The number of rotatable bonds is 6. The topological polar surface area (TPSA) is 43.4 Å². The van der Waals surface area contributed by atoms with Crippen molar-refractivity contribution >= 4 is 11.8 Å². The largest absolute Gasteiger partial charge is 0.454 e. The highest BCUT2D eigenvalue weighted by Crippen LogP contribution is 2.22. The van der Waals surface area contributed by atoms with E-state index in [1.165, 1.54) is 17.5 Å². The molecule has 3 aromatic rings. The van der Waals surface area contributed by atoms with E-state index in [2.05, 4.69) is 0 Å². The van der Waals surface area contributed by atoms with E-state index in [1.54, 1.807) is 6.07 Å². The molecule has 0 aromatic heterocycles. The van der Waals surface area contributed by atoms with Gasteiger partial charge >= 0.3 is 5.97 Å². The van der Waals surface area contributed by atoms with Crippen LogP contribution in [0, 0.1) is 0 Å². The van der Waals surface area contributed by atoms with Crippen LogP contribution < -0.4 is 0 Å². The summed E-state index contributed by atoms with van der Waals surface area (Å²) in [6.07, 6.45) is 5.11. The minimum absolute atomic E-state index is 0.160. The van der Waals surface area contributed by atoms with E-state index >= 15 is 0 Å². The summed E-state index contributed by atoms with van der Waals surface area (Å²) in [5.74, 6) is -0.616. The molecule has 0 amide bonds. The van der Waals surface area contributed by atoms with Crippen molar-refractivity contribution in [3.05, 3.63) is 106 Å². The normalized spacial score (nSPS) is 12.8. The second-order valence-electron chi connectivity index (χ2n) is 7.51. The summed E-state index contributed by atoms with van der Waals surface area (Å²) in [4.78, 5) is 25.2. The van der Waals surface area contributed by atoms with Crippen molar-refractivity contribution in [3.8, 4) is 0 Å². The maximum absolute atomic E-state index is 12.6. The molecule has 1 aliphatic rings. The minimum Gasteiger partial charge on any atom is -0.454 e. The summed E-state index contributed by atoms with van der Waals surface area (Å²) < 4.78 is 5.38. The first-order valence-corrected chi connectivity index (χ1v) is 10.1. The van der Waals surface area contributed by atoms with Crippen LogP contribution in [0.1, 0.15) is 55.8 Å². The van der Waals surface area contributed by atoms with Gasteiger partial charge in [-0.25, -0.2) is 4.79 Å². The summed E-state index contributed by atoms with van der Waals surface area (Å²) in [6, 6.07) is 23.2. The molecule has 0 spiro atoms. The fraction of sp³-hybridized carbons (Fsp3) is 0.231. The van der Waals surface area contributed by atoms with E-state index in [9.17, 15) is 9.59 Å². The van der Waals surface area contributed by atoms with Crippen molar-refractivity contribution in [2.24, 2.45) is 0 Å². The Hall–Kier alpha value is -3.20. The number of carbonyl (C=O) groups is 2. The molecule has 0 aliphatic heterocycles.